The summed E-state index contributed by atoms with van der Waals surface area (Å²) in [6.07, 6.45) is -0.961. The number of rotatable bonds is 3. The molecule has 1 N–H and O–H groups in total. The summed E-state index contributed by atoms with van der Waals surface area (Å²) in [5, 5.41) is 12.8. The number of aliphatic hydroxyl groups excluding tert-OH is 1. The van der Waals surface area contributed by atoms with Gasteiger partial charge in [-0.15, -0.1) is 0 Å². The second-order valence-electron chi connectivity index (χ2n) is 6.73. The normalized spacial score (nSPS) is 19.7. The summed E-state index contributed by atoms with van der Waals surface area (Å²) in [5.74, 6) is -0.0936. The lowest BCUT2D eigenvalue weighted by molar-refractivity contribution is 0.0970. The van der Waals surface area contributed by atoms with Crippen molar-refractivity contribution < 1.29 is 14.6 Å². The van der Waals surface area contributed by atoms with Crippen molar-refractivity contribution in [3.05, 3.63) is 83.9 Å². The van der Waals surface area contributed by atoms with Crippen LogP contribution in [-0.4, -0.2) is 35.3 Å². The number of ether oxygens (including phenoxy) is 1. The number of amides is 1. The maximum Gasteiger partial charge on any atom is 0.410 e. The summed E-state index contributed by atoms with van der Waals surface area (Å²) in [6.45, 7) is 1.01. The first kappa shape index (κ1) is 16.6. The number of benzene rings is 3. The maximum atomic E-state index is 12.3. The maximum absolute atomic E-state index is 12.3. The van der Waals surface area contributed by atoms with Crippen molar-refractivity contribution in [3.8, 4) is 0 Å². The zero-order valence-electron chi connectivity index (χ0n) is 14.4. The minimum absolute atomic E-state index is 0.0936. The molecule has 4 rings (SSSR count). The van der Waals surface area contributed by atoms with Crippen molar-refractivity contribution in [1.82, 2.24) is 4.90 Å². The van der Waals surface area contributed by atoms with Crippen LogP contribution in [0.1, 0.15) is 17.0 Å². The molecule has 0 unspecified atom stereocenters. The Balaban J connectivity index is 1.44. The van der Waals surface area contributed by atoms with Gasteiger partial charge in [0, 0.05) is 12.5 Å². The van der Waals surface area contributed by atoms with Crippen LogP contribution in [0.15, 0.2) is 72.8 Å². The number of nitrogens with zero attached hydrogens (tertiary/aromatic N) is 1. The number of hydrogen-bond acceptors (Lipinski definition) is 3. The molecule has 0 aromatic heterocycles. The van der Waals surface area contributed by atoms with E-state index < -0.39 is 6.10 Å². The first-order valence-corrected chi connectivity index (χ1v) is 8.83. The summed E-state index contributed by atoms with van der Waals surface area (Å²) in [6, 6.07) is 23.9. The fourth-order valence-corrected chi connectivity index (χ4v) is 3.51. The quantitative estimate of drug-likeness (QED) is 0.781. The largest absolute Gasteiger partial charge is 0.445 e. The highest BCUT2D eigenvalue weighted by molar-refractivity contribution is 5.83. The van der Waals surface area contributed by atoms with E-state index in [0.717, 1.165) is 16.5 Å². The second-order valence-corrected chi connectivity index (χ2v) is 6.73. The summed E-state index contributed by atoms with van der Waals surface area (Å²) in [7, 11) is 0. The molecule has 1 saturated heterocycles. The van der Waals surface area contributed by atoms with Crippen LogP contribution < -0.4 is 0 Å². The Labute approximate surface area is 152 Å². The van der Waals surface area contributed by atoms with Gasteiger partial charge in [0.15, 0.2) is 0 Å². The molecular formula is C22H21NO3. The molecule has 26 heavy (non-hydrogen) atoms. The molecule has 0 spiro atoms. The third-order valence-corrected chi connectivity index (χ3v) is 4.95. The van der Waals surface area contributed by atoms with E-state index in [1.165, 1.54) is 5.39 Å². The van der Waals surface area contributed by atoms with E-state index in [9.17, 15) is 9.90 Å². The first-order chi connectivity index (χ1) is 12.7. The van der Waals surface area contributed by atoms with Crippen LogP contribution in [-0.2, 0) is 11.3 Å². The zero-order chi connectivity index (χ0) is 17.9. The predicted molar refractivity (Wildman–Crippen MR) is 101 cm³/mol. The van der Waals surface area contributed by atoms with Gasteiger partial charge in [0.25, 0.3) is 0 Å². The van der Waals surface area contributed by atoms with E-state index in [1.807, 2.05) is 48.5 Å². The number of hydrogen-bond donors (Lipinski definition) is 1. The summed E-state index contributed by atoms with van der Waals surface area (Å²) >= 11 is 0. The Morgan fingerprint density at radius 1 is 0.962 bits per heavy atom. The summed E-state index contributed by atoms with van der Waals surface area (Å²) in [4.78, 5) is 13.9. The lowest BCUT2D eigenvalue weighted by atomic mass is 9.94. The van der Waals surface area contributed by atoms with Gasteiger partial charge in [-0.2, -0.15) is 0 Å². The smallest absolute Gasteiger partial charge is 0.410 e. The van der Waals surface area contributed by atoms with Gasteiger partial charge in [0.2, 0.25) is 0 Å². The van der Waals surface area contributed by atoms with E-state index in [2.05, 4.69) is 24.3 Å². The third-order valence-electron chi connectivity index (χ3n) is 4.95. The van der Waals surface area contributed by atoms with Crippen molar-refractivity contribution in [2.75, 3.05) is 13.1 Å². The molecule has 0 saturated carbocycles. The lowest BCUT2D eigenvalue weighted by Crippen LogP contribution is -2.30. The van der Waals surface area contributed by atoms with Crippen molar-refractivity contribution in [2.45, 2.75) is 18.6 Å². The molecule has 132 valence electrons. The lowest BCUT2D eigenvalue weighted by Gasteiger charge is -2.16. The molecule has 0 bridgehead atoms. The monoisotopic (exact) mass is 347 g/mol. The van der Waals surface area contributed by atoms with Crippen LogP contribution in [0.25, 0.3) is 10.8 Å². The predicted octanol–water partition coefficient (Wildman–Crippen LogP) is 3.94. The molecule has 1 aliphatic rings. The topological polar surface area (TPSA) is 49.8 Å². The number of fused-ring (bicyclic) bond motifs is 1. The molecule has 4 nitrogen and oxygen atoms in total. The van der Waals surface area contributed by atoms with E-state index in [-0.39, 0.29) is 18.6 Å². The Morgan fingerprint density at radius 2 is 1.69 bits per heavy atom. The standard InChI is InChI=1S/C22H21NO3/c24-21-14-23(22(25)26-15-16-6-2-1-3-7-16)13-20(21)19-11-10-17-8-4-5-9-18(17)12-19/h1-12,20-21,24H,13-15H2/t20-,21+/m0/s1. The Morgan fingerprint density at radius 3 is 2.50 bits per heavy atom. The Hall–Kier alpha value is -2.85. The van der Waals surface area contributed by atoms with Crippen LogP contribution in [0.2, 0.25) is 0 Å². The first-order valence-electron chi connectivity index (χ1n) is 8.83. The van der Waals surface area contributed by atoms with Crippen molar-refractivity contribution in [2.24, 2.45) is 0 Å². The van der Waals surface area contributed by atoms with Gasteiger partial charge >= 0.3 is 6.09 Å². The zero-order valence-corrected chi connectivity index (χ0v) is 14.4. The number of carbonyl (C=O) groups is 1. The van der Waals surface area contributed by atoms with E-state index >= 15 is 0 Å². The average Bonchev–Trinajstić information content (AvgIpc) is 3.08. The molecule has 0 radical (unpaired) electrons. The summed E-state index contributed by atoms with van der Waals surface area (Å²) < 4.78 is 5.39. The fraction of sp³-hybridized carbons (Fsp3) is 0.227. The molecule has 3 aromatic carbocycles. The van der Waals surface area contributed by atoms with Crippen LogP contribution in [0.5, 0.6) is 0 Å². The highest BCUT2D eigenvalue weighted by atomic mass is 16.6. The van der Waals surface area contributed by atoms with Gasteiger partial charge in [0.1, 0.15) is 6.61 Å². The second kappa shape index (κ2) is 7.18. The van der Waals surface area contributed by atoms with Crippen LogP contribution in [0.3, 0.4) is 0 Å². The minimum Gasteiger partial charge on any atom is -0.445 e. The average molecular weight is 347 g/mol. The van der Waals surface area contributed by atoms with Gasteiger partial charge in [-0.1, -0.05) is 72.8 Å². The van der Waals surface area contributed by atoms with E-state index in [0.29, 0.717) is 13.1 Å². The third kappa shape index (κ3) is 3.41. The molecule has 2 atom stereocenters. The van der Waals surface area contributed by atoms with Gasteiger partial charge < -0.3 is 14.7 Å². The molecule has 0 aliphatic carbocycles. The highest BCUT2D eigenvalue weighted by Crippen LogP contribution is 2.30. The van der Waals surface area contributed by atoms with Crippen molar-refractivity contribution in [3.63, 3.8) is 0 Å². The SMILES string of the molecule is O=C(OCc1ccccc1)N1C[C@@H](O)[C@H](c2ccc3ccccc3c2)C1. The Bertz CT molecular complexity index is 909. The van der Waals surface area contributed by atoms with Crippen LogP contribution >= 0.6 is 0 Å². The van der Waals surface area contributed by atoms with Crippen molar-refractivity contribution in [1.29, 1.82) is 0 Å². The van der Waals surface area contributed by atoms with Gasteiger partial charge in [0.05, 0.1) is 12.6 Å². The molecule has 3 aromatic rings. The molecule has 1 fully saturated rings. The minimum atomic E-state index is -0.583. The number of carbonyl (C=O) groups excluding carboxylic acids is 1. The van der Waals surface area contributed by atoms with Gasteiger partial charge in [-0.05, 0) is 21.9 Å². The molecule has 4 heteroatoms. The summed E-state index contributed by atoms with van der Waals surface area (Å²) in [5.41, 5.74) is 2.00. The molecule has 1 amide bonds. The van der Waals surface area contributed by atoms with E-state index in [4.69, 9.17) is 4.74 Å². The van der Waals surface area contributed by atoms with Gasteiger partial charge in [-0.25, -0.2) is 4.79 Å². The molecule has 1 heterocycles. The number of β-amino-alcohol motifs (C(OH)–C–C–N with tert-alkyl or cyclic N) is 1. The van der Waals surface area contributed by atoms with Crippen molar-refractivity contribution >= 4 is 16.9 Å². The Kier molecular flexibility index (Phi) is 4.59. The molecular weight excluding hydrogens is 326 g/mol. The fourth-order valence-electron chi connectivity index (χ4n) is 3.51. The van der Waals surface area contributed by atoms with Crippen LogP contribution in [0, 0.1) is 0 Å². The molecule has 1 aliphatic heterocycles. The van der Waals surface area contributed by atoms with Crippen LogP contribution in [0.4, 0.5) is 4.79 Å². The number of aliphatic hydroxyl groups is 1. The van der Waals surface area contributed by atoms with Gasteiger partial charge in [-0.3, -0.25) is 0 Å². The number of likely N-dealkylation sites (tertiary alicyclic amines) is 1. The highest BCUT2D eigenvalue weighted by Gasteiger charge is 2.35. The van der Waals surface area contributed by atoms with E-state index in [1.54, 1.807) is 4.90 Å².